The largest absolute Gasteiger partial charge is 0.497 e. The molecule has 0 aliphatic carbocycles. The van der Waals surface area contributed by atoms with Crippen LogP contribution < -0.4 is 4.74 Å². The Balaban J connectivity index is 1.88. The van der Waals surface area contributed by atoms with Gasteiger partial charge in [-0.15, -0.1) is 0 Å². The van der Waals surface area contributed by atoms with Crippen molar-refractivity contribution in [1.29, 1.82) is 0 Å². The van der Waals surface area contributed by atoms with E-state index in [1.165, 1.54) is 30.3 Å². The van der Waals surface area contributed by atoms with Gasteiger partial charge in [0.05, 0.1) is 12.0 Å². The molecule has 0 heterocycles. The van der Waals surface area contributed by atoms with E-state index >= 15 is 0 Å². The summed E-state index contributed by atoms with van der Waals surface area (Å²) >= 11 is 0. The van der Waals surface area contributed by atoms with Crippen molar-refractivity contribution in [1.82, 2.24) is 0 Å². The Bertz CT molecular complexity index is 1080. The summed E-state index contributed by atoms with van der Waals surface area (Å²) in [6.07, 6.45) is 1.45. The lowest BCUT2D eigenvalue weighted by atomic mass is 9.95. The number of benzene rings is 3. The molecule has 3 aromatic rings. The van der Waals surface area contributed by atoms with E-state index in [2.05, 4.69) is 0 Å². The van der Waals surface area contributed by atoms with E-state index in [0.29, 0.717) is 22.4 Å². The molecule has 0 saturated carbocycles. The Morgan fingerprint density at radius 1 is 0.867 bits per heavy atom. The van der Waals surface area contributed by atoms with Gasteiger partial charge in [0, 0.05) is 29.7 Å². The number of non-ortho nitro benzene ring substituents is 1. The van der Waals surface area contributed by atoms with Crippen molar-refractivity contribution in [2.24, 2.45) is 0 Å². The summed E-state index contributed by atoms with van der Waals surface area (Å²) in [5.41, 5.74) is 2.07. The number of ether oxygens (including phenoxy) is 1. The zero-order valence-corrected chi connectivity index (χ0v) is 16.3. The first-order valence-corrected chi connectivity index (χ1v) is 9.20. The summed E-state index contributed by atoms with van der Waals surface area (Å²) in [4.78, 5) is 35.8. The van der Waals surface area contributed by atoms with Crippen LogP contribution in [0.2, 0.25) is 0 Å². The van der Waals surface area contributed by atoms with E-state index in [1.54, 1.807) is 31.4 Å². The van der Waals surface area contributed by atoms with E-state index in [4.69, 9.17) is 4.74 Å². The number of carbonyl (C=O) groups excluding carboxylic acids is 2. The van der Waals surface area contributed by atoms with Crippen LogP contribution in [0, 0.1) is 10.1 Å². The lowest BCUT2D eigenvalue weighted by Gasteiger charge is -2.08. The van der Waals surface area contributed by atoms with Gasteiger partial charge in [0.15, 0.2) is 11.6 Å². The van der Waals surface area contributed by atoms with Crippen molar-refractivity contribution in [2.45, 2.75) is 6.42 Å². The zero-order valence-electron chi connectivity index (χ0n) is 16.3. The number of nitro benzene ring substituents is 1. The van der Waals surface area contributed by atoms with Crippen molar-refractivity contribution in [3.8, 4) is 5.75 Å². The molecule has 0 spiro atoms. The Labute approximate surface area is 173 Å². The summed E-state index contributed by atoms with van der Waals surface area (Å²) in [6.45, 7) is 0. The van der Waals surface area contributed by atoms with E-state index in [9.17, 15) is 19.7 Å². The van der Waals surface area contributed by atoms with E-state index in [1.807, 2.05) is 30.3 Å². The lowest BCUT2D eigenvalue weighted by molar-refractivity contribution is -0.384. The number of rotatable bonds is 8. The molecule has 6 heteroatoms. The topological polar surface area (TPSA) is 86.5 Å². The quantitative estimate of drug-likeness (QED) is 0.226. The Kier molecular flexibility index (Phi) is 6.49. The fourth-order valence-corrected chi connectivity index (χ4v) is 2.93. The van der Waals surface area contributed by atoms with Gasteiger partial charge in [-0.3, -0.25) is 19.7 Å². The molecule has 0 amide bonds. The van der Waals surface area contributed by atoms with Crippen LogP contribution in [0.5, 0.6) is 5.75 Å². The molecule has 6 nitrogen and oxygen atoms in total. The normalized spacial score (nSPS) is 11.0. The molecule has 0 aromatic heterocycles. The minimum Gasteiger partial charge on any atom is -0.497 e. The van der Waals surface area contributed by atoms with Crippen LogP contribution in [0.15, 0.2) is 84.9 Å². The van der Waals surface area contributed by atoms with Crippen LogP contribution >= 0.6 is 0 Å². The first-order valence-electron chi connectivity index (χ1n) is 9.20. The molecule has 0 unspecified atom stereocenters. The summed E-state index contributed by atoms with van der Waals surface area (Å²) < 4.78 is 5.11. The van der Waals surface area contributed by atoms with Gasteiger partial charge in [-0.1, -0.05) is 30.3 Å². The molecule has 0 N–H and O–H groups in total. The fraction of sp³-hybridized carbons (Fsp3) is 0.0833. The highest BCUT2D eigenvalue weighted by atomic mass is 16.6. The maximum Gasteiger partial charge on any atom is 0.269 e. The number of carbonyl (C=O) groups is 2. The zero-order chi connectivity index (χ0) is 21.5. The predicted molar refractivity (Wildman–Crippen MR) is 114 cm³/mol. The molecule has 30 heavy (non-hydrogen) atoms. The van der Waals surface area contributed by atoms with Gasteiger partial charge in [-0.2, -0.15) is 0 Å². The second-order valence-corrected chi connectivity index (χ2v) is 6.53. The molecular formula is C24H19NO5. The molecule has 0 aliphatic rings. The van der Waals surface area contributed by atoms with E-state index in [-0.39, 0.29) is 23.7 Å². The molecular weight excluding hydrogens is 382 g/mol. The highest BCUT2D eigenvalue weighted by Crippen LogP contribution is 2.23. The maximum atomic E-state index is 12.8. The van der Waals surface area contributed by atoms with Crippen molar-refractivity contribution in [3.63, 3.8) is 0 Å². The fourth-order valence-electron chi connectivity index (χ4n) is 2.93. The van der Waals surface area contributed by atoms with Gasteiger partial charge >= 0.3 is 0 Å². The Morgan fingerprint density at radius 2 is 1.47 bits per heavy atom. The third-order valence-electron chi connectivity index (χ3n) is 4.58. The van der Waals surface area contributed by atoms with Crippen LogP contribution in [0.25, 0.3) is 5.57 Å². The summed E-state index contributed by atoms with van der Waals surface area (Å²) in [6, 6.07) is 21.3. The van der Waals surface area contributed by atoms with E-state index in [0.717, 1.165) is 5.56 Å². The van der Waals surface area contributed by atoms with Gasteiger partial charge in [0.25, 0.3) is 5.69 Å². The van der Waals surface area contributed by atoms with Crippen LogP contribution in [-0.2, 0) is 0 Å². The standard InChI is InChI=1S/C24H19NO5/c1-30-22-13-9-19(10-14-22)24(27)16-20(17-5-3-2-4-6-17)15-23(26)18-7-11-21(12-8-18)25(28)29/h2-14,16H,15H2,1H3/b20-16+. The first kappa shape index (κ1) is 20.7. The Morgan fingerprint density at radius 3 is 2.03 bits per heavy atom. The average molecular weight is 401 g/mol. The first-order chi connectivity index (χ1) is 14.5. The van der Waals surface area contributed by atoms with Crippen LogP contribution in [0.4, 0.5) is 5.69 Å². The summed E-state index contributed by atoms with van der Waals surface area (Å²) in [5, 5.41) is 10.8. The smallest absolute Gasteiger partial charge is 0.269 e. The molecule has 0 radical (unpaired) electrons. The predicted octanol–water partition coefficient (Wildman–Crippen LogP) is 5.14. The third-order valence-corrected chi connectivity index (χ3v) is 4.58. The number of methoxy groups -OCH3 is 1. The van der Waals surface area contributed by atoms with Gasteiger partial charge in [-0.25, -0.2) is 0 Å². The second-order valence-electron chi connectivity index (χ2n) is 6.53. The number of nitrogens with zero attached hydrogens (tertiary/aromatic N) is 1. The van der Waals surface area contributed by atoms with Gasteiger partial charge in [0.1, 0.15) is 5.75 Å². The summed E-state index contributed by atoms with van der Waals surface area (Å²) in [5.74, 6) is 0.183. The lowest BCUT2D eigenvalue weighted by Crippen LogP contribution is -2.04. The van der Waals surface area contributed by atoms with Crippen LogP contribution in [-0.4, -0.2) is 23.6 Å². The highest BCUT2D eigenvalue weighted by molar-refractivity contribution is 6.11. The number of nitro groups is 1. The molecule has 0 saturated heterocycles. The van der Waals surface area contributed by atoms with Gasteiger partial charge in [0.2, 0.25) is 0 Å². The van der Waals surface area contributed by atoms with Crippen molar-refractivity contribution >= 4 is 22.8 Å². The monoisotopic (exact) mass is 401 g/mol. The van der Waals surface area contributed by atoms with Crippen molar-refractivity contribution in [2.75, 3.05) is 7.11 Å². The molecule has 0 bridgehead atoms. The summed E-state index contributed by atoms with van der Waals surface area (Å²) in [7, 11) is 1.55. The minimum atomic E-state index is -0.517. The van der Waals surface area contributed by atoms with E-state index < -0.39 is 4.92 Å². The minimum absolute atomic E-state index is 0.0102. The Hall–Kier alpha value is -4.06. The molecule has 3 aromatic carbocycles. The highest BCUT2D eigenvalue weighted by Gasteiger charge is 2.15. The van der Waals surface area contributed by atoms with Crippen molar-refractivity contribution < 1.29 is 19.2 Å². The molecule has 0 atom stereocenters. The molecule has 150 valence electrons. The molecule has 0 aliphatic heterocycles. The molecule has 3 rings (SSSR count). The number of hydrogen-bond acceptors (Lipinski definition) is 5. The third kappa shape index (κ3) is 5.05. The number of Topliss-reactive ketones (excluding diaryl/α,β-unsaturated/α-hetero) is 1. The molecule has 0 fully saturated rings. The number of ketones is 2. The van der Waals surface area contributed by atoms with Gasteiger partial charge in [-0.05, 0) is 53.6 Å². The van der Waals surface area contributed by atoms with Crippen LogP contribution in [0.3, 0.4) is 0 Å². The maximum absolute atomic E-state index is 12.8. The second kappa shape index (κ2) is 9.43. The van der Waals surface area contributed by atoms with Crippen LogP contribution in [0.1, 0.15) is 32.7 Å². The average Bonchev–Trinajstić information content (AvgIpc) is 2.79. The van der Waals surface area contributed by atoms with Gasteiger partial charge < -0.3 is 4.74 Å². The van der Waals surface area contributed by atoms with Crippen molar-refractivity contribution in [3.05, 3.63) is 112 Å². The number of hydrogen-bond donors (Lipinski definition) is 0. The number of allylic oxidation sites excluding steroid dienone is 2. The SMILES string of the molecule is COc1ccc(C(=O)/C=C(\CC(=O)c2ccc([N+](=O)[O-])cc2)c2ccccc2)cc1.